The number of carbonyl (C=O) groups excluding carboxylic acids is 2. The number of rotatable bonds is 5. The van der Waals surface area contributed by atoms with Crippen molar-refractivity contribution in [3.8, 4) is 0 Å². The van der Waals surface area contributed by atoms with E-state index in [-0.39, 0.29) is 5.91 Å². The first kappa shape index (κ1) is 21.8. The summed E-state index contributed by atoms with van der Waals surface area (Å²) in [6.45, 7) is 0. The number of nitrogen functional groups attached to an aromatic ring is 1. The summed E-state index contributed by atoms with van der Waals surface area (Å²) in [5.41, 5.74) is 9.54. The van der Waals surface area contributed by atoms with Crippen LogP contribution in [-0.2, 0) is 4.74 Å². The number of aromatic nitrogens is 1. The number of hydrogen-bond donors (Lipinski definition) is 5. The van der Waals surface area contributed by atoms with Gasteiger partial charge < -0.3 is 26.2 Å². The number of amides is 2. The fourth-order valence-electron chi connectivity index (χ4n) is 3.63. The number of anilines is 3. The predicted molar refractivity (Wildman–Crippen MR) is 128 cm³/mol. The number of methoxy groups -OCH3 is 1. The molecule has 0 fully saturated rings. The minimum atomic E-state index is -1.13. The summed E-state index contributed by atoms with van der Waals surface area (Å²) in [6.07, 6.45) is -1.74. The van der Waals surface area contributed by atoms with Gasteiger partial charge in [-0.15, -0.1) is 0 Å². The van der Waals surface area contributed by atoms with Gasteiger partial charge in [0.2, 0.25) is 0 Å². The van der Waals surface area contributed by atoms with Gasteiger partial charge >= 0.3 is 6.09 Å². The quantitative estimate of drug-likeness (QED) is 0.180. The minimum absolute atomic E-state index is 0.274. The van der Waals surface area contributed by atoms with Crippen molar-refractivity contribution in [3.05, 3.63) is 71.8 Å². The molecule has 168 valence electrons. The highest BCUT2D eigenvalue weighted by Crippen LogP contribution is 2.35. The van der Waals surface area contributed by atoms with Crippen LogP contribution in [0, 0.1) is 0 Å². The number of hydrogen-bond acceptors (Lipinski definition) is 7. The van der Waals surface area contributed by atoms with Crippen LogP contribution in [0.25, 0.3) is 21.8 Å². The second-order valence-corrected chi connectivity index (χ2v) is 7.33. The van der Waals surface area contributed by atoms with Crippen LogP contribution in [0.15, 0.2) is 60.7 Å². The van der Waals surface area contributed by atoms with E-state index < -0.39 is 12.3 Å². The molecular weight excluding hydrogens is 422 g/mol. The maximum Gasteiger partial charge on any atom is 0.411 e. The molecule has 2 amide bonds. The van der Waals surface area contributed by atoms with Gasteiger partial charge in [-0.2, -0.15) is 0 Å². The van der Waals surface area contributed by atoms with Gasteiger partial charge in [0.25, 0.3) is 5.91 Å². The first-order chi connectivity index (χ1) is 15.9. The number of pyridine rings is 1. The number of benzene rings is 3. The molecule has 0 saturated heterocycles. The van der Waals surface area contributed by atoms with Crippen molar-refractivity contribution < 1.29 is 19.4 Å². The van der Waals surface area contributed by atoms with E-state index in [1.165, 1.54) is 7.11 Å². The van der Waals surface area contributed by atoms with Crippen LogP contribution in [0.3, 0.4) is 0 Å². The molecule has 0 aliphatic carbocycles. The molecule has 0 aliphatic heterocycles. The van der Waals surface area contributed by atoms with Crippen molar-refractivity contribution >= 4 is 50.9 Å². The Morgan fingerprint density at radius 3 is 2.61 bits per heavy atom. The van der Waals surface area contributed by atoms with Gasteiger partial charge in [0.15, 0.2) is 6.23 Å². The van der Waals surface area contributed by atoms with Gasteiger partial charge in [-0.1, -0.05) is 24.3 Å². The monoisotopic (exact) mass is 445 g/mol. The first-order valence-electron chi connectivity index (χ1n) is 10.1. The smallest absolute Gasteiger partial charge is 0.411 e. The fourth-order valence-corrected chi connectivity index (χ4v) is 3.63. The lowest BCUT2D eigenvalue weighted by Gasteiger charge is -2.20. The zero-order valence-electron chi connectivity index (χ0n) is 18.0. The third kappa shape index (κ3) is 4.35. The van der Waals surface area contributed by atoms with E-state index in [1.54, 1.807) is 55.6 Å². The molecule has 1 aromatic heterocycles. The van der Waals surface area contributed by atoms with E-state index in [1.807, 2.05) is 12.1 Å². The van der Waals surface area contributed by atoms with Crippen LogP contribution in [-0.4, -0.2) is 36.2 Å². The Kier molecular flexibility index (Phi) is 5.97. The molecule has 6 N–H and O–H groups in total. The Balaban J connectivity index is 1.83. The average molecular weight is 445 g/mol. The van der Waals surface area contributed by atoms with Gasteiger partial charge in [-0.3, -0.25) is 10.1 Å². The van der Waals surface area contributed by atoms with Crippen LogP contribution in [0.1, 0.15) is 22.1 Å². The number of nitrogens with one attached hydrogen (secondary N) is 3. The van der Waals surface area contributed by atoms with Crippen LogP contribution in [0.2, 0.25) is 0 Å². The molecule has 0 bridgehead atoms. The highest BCUT2D eigenvalue weighted by molar-refractivity contribution is 6.14. The van der Waals surface area contributed by atoms with E-state index in [2.05, 4.69) is 25.7 Å². The summed E-state index contributed by atoms with van der Waals surface area (Å²) >= 11 is 0. The summed E-state index contributed by atoms with van der Waals surface area (Å²) < 4.78 is 4.62. The molecule has 0 radical (unpaired) electrons. The molecule has 9 heteroatoms. The molecular formula is C24H23N5O4. The van der Waals surface area contributed by atoms with Crippen molar-refractivity contribution in [2.75, 3.05) is 30.5 Å². The van der Waals surface area contributed by atoms with Gasteiger partial charge in [0.05, 0.1) is 29.4 Å². The Morgan fingerprint density at radius 1 is 1.06 bits per heavy atom. The first-order valence-corrected chi connectivity index (χ1v) is 10.1. The second kappa shape index (κ2) is 9.01. The maximum atomic E-state index is 12.4. The highest BCUT2D eigenvalue weighted by atomic mass is 16.5. The van der Waals surface area contributed by atoms with Crippen molar-refractivity contribution in [2.24, 2.45) is 0 Å². The normalized spacial score (nSPS) is 11.7. The minimum Gasteiger partial charge on any atom is -0.453 e. The van der Waals surface area contributed by atoms with Gasteiger partial charge in [-0.25, -0.2) is 9.78 Å². The molecule has 33 heavy (non-hydrogen) atoms. The Bertz CT molecular complexity index is 1370. The number of nitrogens with two attached hydrogens (primary N) is 1. The number of nitrogens with zero attached hydrogens (tertiary/aromatic N) is 1. The number of para-hydroxylation sites is 1. The topological polar surface area (TPSA) is 139 Å². The molecule has 1 heterocycles. The van der Waals surface area contributed by atoms with Gasteiger partial charge in [0, 0.05) is 34.8 Å². The number of carbonyl (C=O) groups is 2. The summed E-state index contributed by atoms with van der Waals surface area (Å²) in [5.74, 6) is -0.274. The molecule has 0 saturated carbocycles. The summed E-state index contributed by atoms with van der Waals surface area (Å²) in [6, 6.07) is 17.3. The van der Waals surface area contributed by atoms with E-state index in [0.29, 0.717) is 44.6 Å². The maximum absolute atomic E-state index is 12.4. The largest absolute Gasteiger partial charge is 0.453 e. The van der Waals surface area contributed by atoms with Crippen LogP contribution in [0.5, 0.6) is 0 Å². The lowest BCUT2D eigenvalue weighted by molar-refractivity contribution is 0.0964. The van der Waals surface area contributed by atoms with Gasteiger partial charge in [-0.05, 0) is 36.4 Å². The standard InChI is InChI=1S/C24H23N5O4/c1-26-23(31)18-8-4-7-17-20(16-10-9-14(25)12-19(16)28-21(17)18)29-22(30)13-5-3-6-15(11-13)27-24(32)33-2/h3-12,22,30H,25H2,1-2H3,(H,26,31)(H,27,32)(H,28,29). The van der Waals surface area contributed by atoms with Crippen LogP contribution >= 0.6 is 0 Å². The van der Waals surface area contributed by atoms with Crippen molar-refractivity contribution in [1.82, 2.24) is 10.3 Å². The number of ether oxygens (including phenoxy) is 1. The molecule has 0 aliphatic rings. The third-order valence-electron chi connectivity index (χ3n) is 5.22. The SMILES string of the molecule is CNC(=O)c1cccc2c(NC(O)c3cccc(NC(=O)OC)c3)c3ccc(N)cc3nc12. The number of aliphatic hydroxyl groups excluding tert-OH is 1. The molecule has 9 nitrogen and oxygen atoms in total. The molecule has 4 rings (SSSR count). The zero-order valence-corrected chi connectivity index (χ0v) is 18.0. The predicted octanol–water partition coefficient (Wildman–Crippen LogP) is 3.61. The van der Waals surface area contributed by atoms with Gasteiger partial charge in [0.1, 0.15) is 0 Å². The average Bonchev–Trinajstić information content (AvgIpc) is 2.82. The second-order valence-electron chi connectivity index (χ2n) is 7.33. The molecule has 1 unspecified atom stereocenters. The summed E-state index contributed by atoms with van der Waals surface area (Å²) in [7, 11) is 2.83. The van der Waals surface area contributed by atoms with E-state index in [9.17, 15) is 14.7 Å². The van der Waals surface area contributed by atoms with Crippen molar-refractivity contribution in [3.63, 3.8) is 0 Å². The lowest BCUT2D eigenvalue weighted by Crippen LogP contribution is -2.18. The fraction of sp³-hybridized carbons (Fsp3) is 0.125. The van der Waals surface area contributed by atoms with Crippen molar-refractivity contribution in [2.45, 2.75) is 6.23 Å². The number of aliphatic hydroxyl groups is 1. The van der Waals surface area contributed by atoms with E-state index in [0.717, 1.165) is 5.39 Å². The number of fused-ring (bicyclic) bond motifs is 2. The Morgan fingerprint density at radius 2 is 1.85 bits per heavy atom. The Labute approximate surface area is 189 Å². The van der Waals surface area contributed by atoms with Crippen LogP contribution < -0.4 is 21.7 Å². The molecule has 4 aromatic rings. The Hall–Kier alpha value is -4.37. The zero-order chi connectivity index (χ0) is 23.5. The van der Waals surface area contributed by atoms with E-state index >= 15 is 0 Å². The van der Waals surface area contributed by atoms with Crippen molar-refractivity contribution in [1.29, 1.82) is 0 Å². The van der Waals surface area contributed by atoms with E-state index in [4.69, 9.17) is 5.73 Å². The lowest BCUT2D eigenvalue weighted by atomic mass is 10.0. The summed E-state index contributed by atoms with van der Waals surface area (Å²) in [5, 5.41) is 20.7. The highest BCUT2D eigenvalue weighted by Gasteiger charge is 2.18. The van der Waals surface area contributed by atoms with Crippen LogP contribution in [0.4, 0.5) is 21.9 Å². The molecule has 0 spiro atoms. The molecule has 1 atom stereocenters. The third-order valence-corrected chi connectivity index (χ3v) is 5.22. The summed E-state index contributed by atoms with van der Waals surface area (Å²) in [4.78, 5) is 28.7. The molecule has 3 aromatic carbocycles.